The maximum absolute atomic E-state index is 12.3. The molecule has 0 saturated heterocycles. The molecule has 8 heteroatoms. The highest BCUT2D eigenvalue weighted by Gasteiger charge is 2.09. The predicted molar refractivity (Wildman–Crippen MR) is 99.0 cm³/mol. The van der Waals surface area contributed by atoms with E-state index in [9.17, 15) is 4.79 Å². The Balaban J connectivity index is 1.65. The van der Waals surface area contributed by atoms with Crippen LogP contribution < -0.4 is 21.1 Å². The minimum absolute atomic E-state index is 0.297. The van der Waals surface area contributed by atoms with Crippen molar-refractivity contribution in [2.75, 3.05) is 23.5 Å². The van der Waals surface area contributed by atoms with Crippen molar-refractivity contribution in [3.8, 4) is 5.75 Å². The molecule has 0 radical (unpaired) electrons. The van der Waals surface area contributed by atoms with Crippen LogP contribution in [0, 0.1) is 0 Å². The maximum Gasteiger partial charge on any atom is 0.274 e. The van der Waals surface area contributed by atoms with Gasteiger partial charge in [0.05, 0.1) is 31.2 Å². The standard InChI is InChI=1S/C18H18N6O2/c1-26-14-4-5-16(23-11-14)18(25)24-12-6-8-20-13(9-12)10-22-15-3-2-7-21-17(15)19/h2-9,11,22H,10H2,1H3,(H2,19,21)(H,20,24,25). The average molecular weight is 350 g/mol. The molecule has 0 fully saturated rings. The summed E-state index contributed by atoms with van der Waals surface area (Å²) >= 11 is 0. The lowest BCUT2D eigenvalue weighted by molar-refractivity contribution is 0.102. The van der Waals surface area contributed by atoms with Crippen molar-refractivity contribution in [1.29, 1.82) is 0 Å². The molecule has 3 rings (SSSR count). The van der Waals surface area contributed by atoms with Crippen molar-refractivity contribution in [3.05, 3.63) is 66.4 Å². The number of nitrogens with one attached hydrogen (secondary N) is 2. The van der Waals surface area contributed by atoms with Gasteiger partial charge in [0.1, 0.15) is 17.3 Å². The molecule has 0 aliphatic heterocycles. The summed E-state index contributed by atoms with van der Waals surface area (Å²) in [6, 6.07) is 10.4. The van der Waals surface area contributed by atoms with Gasteiger partial charge >= 0.3 is 0 Å². The Morgan fingerprint density at radius 3 is 2.77 bits per heavy atom. The van der Waals surface area contributed by atoms with Crippen LogP contribution in [0.15, 0.2) is 55.0 Å². The van der Waals surface area contributed by atoms with Crippen LogP contribution in [0.2, 0.25) is 0 Å². The van der Waals surface area contributed by atoms with E-state index in [1.807, 2.05) is 6.07 Å². The summed E-state index contributed by atoms with van der Waals surface area (Å²) in [7, 11) is 1.54. The van der Waals surface area contributed by atoms with Crippen molar-refractivity contribution in [3.63, 3.8) is 0 Å². The zero-order chi connectivity index (χ0) is 18.4. The minimum atomic E-state index is -0.311. The number of hydrogen-bond acceptors (Lipinski definition) is 7. The van der Waals surface area contributed by atoms with Crippen LogP contribution in [0.25, 0.3) is 0 Å². The molecule has 3 heterocycles. The summed E-state index contributed by atoms with van der Waals surface area (Å²) in [5.41, 5.74) is 8.19. The Kier molecular flexibility index (Phi) is 5.23. The molecule has 0 aliphatic rings. The second kappa shape index (κ2) is 7.93. The number of ether oxygens (including phenoxy) is 1. The summed E-state index contributed by atoms with van der Waals surface area (Å²) < 4.78 is 5.03. The normalized spacial score (nSPS) is 10.2. The summed E-state index contributed by atoms with van der Waals surface area (Å²) in [6.07, 6.45) is 4.75. The molecule has 0 aliphatic carbocycles. The zero-order valence-corrected chi connectivity index (χ0v) is 14.1. The number of nitrogen functional groups attached to an aromatic ring is 1. The van der Waals surface area contributed by atoms with Crippen molar-refractivity contribution < 1.29 is 9.53 Å². The highest BCUT2D eigenvalue weighted by atomic mass is 16.5. The van der Waals surface area contributed by atoms with Gasteiger partial charge in [-0.05, 0) is 36.4 Å². The second-order valence-electron chi connectivity index (χ2n) is 5.36. The second-order valence-corrected chi connectivity index (χ2v) is 5.36. The number of carbonyl (C=O) groups excluding carboxylic acids is 1. The van der Waals surface area contributed by atoms with Crippen LogP contribution >= 0.6 is 0 Å². The number of anilines is 3. The molecule has 1 amide bonds. The van der Waals surface area contributed by atoms with Crippen LogP contribution in [0.4, 0.5) is 17.2 Å². The molecular weight excluding hydrogens is 332 g/mol. The summed E-state index contributed by atoms with van der Waals surface area (Å²) in [6.45, 7) is 0.445. The molecule has 26 heavy (non-hydrogen) atoms. The fourth-order valence-electron chi connectivity index (χ4n) is 2.24. The quantitative estimate of drug-likeness (QED) is 0.625. The van der Waals surface area contributed by atoms with E-state index in [4.69, 9.17) is 10.5 Å². The Morgan fingerprint density at radius 2 is 2.04 bits per heavy atom. The molecule has 0 atom stereocenters. The van der Waals surface area contributed by atoms with Crippen LogP contribution in [-0.2, 0) is 6.54 Å². The molecule has 0 saturated carbocycles. The molecule has 0 bridgehead atoms. The average Bonchev–Trinajstić information content (AvgIpc) is 2.68. The fourth-order valence-corrected chi connectivity index (χ4v) is 2.24. The largest absolute Gasteiger partial charge is 0.495 e. The van der Waals surface area contributed by atoms with Gasteiger partial charge in [0.25, 0.3) is 5.91 Å². The van der Waals surface area contributed by atoms with Gasteiger partial charge in [-0.15, -0.1) is 0 Å². The van der Waals surface area contributed by atoms with E-state index in [2.05, 4.69) is 25.6 Å². The van der Waals surface area contributed by atoms with Crippen LogP contribution in [0.1, 0.15) is 16.2 Å². The first-order chi connectivity index (χ1) is 12.7. The fraction of sp³-hybridized carbons (Fsp3) is 0.111. The van der Waals surface area contributed by atoms with Crippen LogP contribution in [0.3, 0.4) is 0 Å². The first kappa shape index (κ1) is 17.2. The third kappa shape index (κ3) is 4.23. The lowest BCUT2D eigenvalue weighted by atomic mass is 10.2. The lowest BCUT2D eigenvalue weighted by Crippen LogP contribution is -2.14. The van der Waals surface area contributed by atoms with E-state index in [0.717, 1.165) is 11.4 Å². The molecule has 3 aromatic rings. The predicted octanol–water partition coefficient (Wildman–Crippen LogP) is 2.33. The number of nitrogens with zero attached hydrogens (tertiary/aromatic N) is 3. The maximum atomic E-state index is 12.3. The van der Waals surface area contributed by atoms with E-state index in [1.165, 1.54) is 6.20 Å². The number of pyridine rings is 3. The third-order valence-electron chi connectivity index (χ3n) is 3.58. The summed E-state index contributed by atoms with van der Waals surface area (Å²) in [4.78, 5) is 24.6. The number of nitrogens with two attached hydrogens (primary N) is 1. The van der Waals surface area contributed by atoms with Gasteiger partial charge in [-0.2, -0.15) is 0 Å². The van der Waals surface area contributed by atoms with Crippen molar-refractivity contribution in [2.45, 2.75) is 6.54 Å². The van der Waals surface area contributed by atoms with Gasteiger partial charge in [0.15, 0.2) is 0 Å². The smallest absolute Gasteiger partial charge is 0.274 e. The lowest BCUT2D eigenvalue weighted by Gasteiger charge is -2.09. The third-order valence-corrected chi connectivity index (χ3v) is 3.58. The Hall–Kier alpha value is -3.68. The zero-order valence-electron chi connectivity index (χ0n) is 14.1. The molecule has 0 aromatic carbocycles. The minimum Gasteiger partial charge on any atom is -0.495 e. The highest BCUT2D eigenvalue weighted by molar-refractivity contribution is 6.02. The Labute approximate surface area is 150 Å². The molecule has 132 valence electrons. The Morgan fingerprint density at radius 1 is 1.15 bits per heavy atom. The highest BCUT2D eigenvalue weighted by Crippen LogP contribution is 2.16. The van der Waals surface area contributed by atoms with Crippen molar-refractivity contribution >= 4 is 23.1 Å². The summed E-state index contributed by atoms with van der Waals surface area (Å²) in [5, 5.41) is 5.96. The summed E-state index contributed by atoms with van der Waals surface area (Å²) in [5.74, 6) is 0.699. The molecule has 3 aromatic heterocycles. The first-order valence-corrected chi connectivity index (χ1v) is 7.86. The van der Waals surface area contributed by atoms with Gasteiger partial charge in [-0.1, -0.05) is 0 Å². The van der Waals surface area contributed by atoms with E-state index >= 15 is 0 Å². The number of aromatic nitrogens is 3. The van der Waals surface area contributed by atoms with E-state index in [1.54, 1.807) is 49.8 Å². The van der Waals surface area contributed by atoms with E-state index < -0.39 is 0 Å². The molecule has 0 spiro atoms. The van der Waals surface area contributed by atoms with E-state index in [-0.39, 0.29) is 5.91 Å². The number of rotatable bonds is 6. The number of methoxy groups -OCH3 is 1. The van der Waals surface area contributed by atoms with Gasteiger partial charge < -0.3 is 21.1 Å². The molecular formula is C18H18N6O2. The molecule has 0 unspecified atom stereocenters. The molecule has 8 nitrogen and oxygen atoms in total. The van der Waals surface area contributed by atoms with Gasteiger partial charge in [0.2, 0.25) is 0 Å². The van der Waals surface area contributed by atoms with Gasteiger partial charge in [-0.25, -0.2) is 9.97 Å². The molecule has 4 N–H and O–H groups in total. The topological polar surface area (TPSA) is 115 Å². The SMILES string of the molecule is COc1ccc(C(=O)Nc2ccnc(CNc3cccnc3N)c2)nc1. The van der Waals surface area contributed by atoms with Crippen LogP contribution in [0.5, 0.6) is 5.75 Å². The monoisotopic (exact) mass is 350 g/mol. The van der Waals surface area contributed by atoms with Gasteiger partial charge in [0, 0.05) is 18.1 Å². The van der Waals surface area contributed by atoms with Crippen LogP contribution in [-0.4, -0.2) is 28.0 Å². The van der Waals surface area contributed by atoms with Crippen molar-refractivity contribution in [2.24, 2.45) is 0 Å². The van der Waals surface area contributed by atoms with E-state index in [0.29, 0.717) is 29.5 Å². The number of hydrogen-bond donors (Lipinski definition) is 3. The first-order valence-electron chi connectivity index (χ1n) is 7.86. The Bertz CT molecular complexity index is 898. The number of carbonyl (C=O) groups is 1. The number of amides is 1. The van der Waals surface area contributed by atoms with Gasteiger partial charge in [-0.3, -0.25) is 9.78 Å². The van der Waals surface area contributed by atoms with Crippen molar-refractivity contribution in [1.82, 2.24) is 15.0 Å².